The predicted octanol–water partition coefficient (Wildman–Crippen LogP) is 4.34. The Hall–Kier alpha value is -0.520. The number of allylic oxidation sites excluding steroid dienone is 3. The normalized spacial score (nSPS) is 13.5. The van der Waals surface area contributed by atoms with Crippen LogP contribution in [0, 0.1) is 5.92 Å². The van der Waals surface area contributed by atoms with Crippen molar-refractivity contribution in [2.24, 2.45) is 5.92 Å². The van der Waals surface area contributed by atoms with Crippen LogP contribution in [0.25, 0.3) is 0 Å². The first kappa shape index (κ1) is 11.5. The first-order valence-electron chi connectivity index (χ1n) is 5.12. The van der Waals surface area contributed by atoms with Gasteiger partial charge in [0.05, 0.1) is 0 Å². The van der Waals surface area contributed by atoms with Gasteiger partial charge in [0, 0.05) is 0 Å². The zero-order valence-electron chi connectivity index (χ0n) is 8.55. The second kappa shape index (κ2) is 8.58. The van der Waals surface area contributed by atoms with E-state index in [0.717, 1.165) is 5.92 Å². The molecule has 0 aliphatic carbocycles. The van der Waals surface area contributed by atoms with Crippen molar-refractivity contribution in [3.05, 3.63) is 24.8 Å². The summed E-state index contributed by atoms with van der Waals surface area (Å²) in [6, 6.07) is 0. The largest absolute Gasteiger partial charge is 0.103 e. The molecule has 0 N–H and O–H groups in total. The van der Waals surface area contributed by atoms with Gasteiger partial charge < -0.3 is 0 Å². The minimum Gasteiger partial charge on any atom is -0.103 e. The van der Waals surface area contributed by atoms with Gasteiger partial charge in [-0.1, -0.05) is 32.1 Å². The van der Waals surface area contributed by atoms with E-state index in [4.69, 9.17) is 0 Å². The lowest BCUT2D eigenvalue weighted by atomic mass is 9.99. The van der Waals surface area contributed by atoms with Gasteiger partial charge in [0.2, 0.25) is 0 Å². The molecule has 70 valence electrons. The van der Waals surface area contributed by atoms with Crippen molar-refractivity contribution >= 4 is 0 Å². The fourth-order valence-electron chi connectivity index (χ4n) is 1.27. The van der Waals surface area contributed by atoms with Gasteiger partial charge >= 0.3 is 0 Å². The van der Waals surface area contributed by atoms with E-state index in [1.807, 2.05) is 0 Å². The third-order valence-electron chi connectivity index (χ3n) is 2.21. The molecule has 1 unspecified atom stereocenters. The van der Waals surface area contributed by atoms with Gasteiger partial charge in [0.15, 0.2) is 0 Å². The first-order chi connectivity index (χ1) is 5.85. The van der Waals surface area contributed by atoms with E-state index in [0.29, 0.717) is 0 Å². The van der Waals surface area contributed by atoms with Crippen molar-refractivity contribution < 1.29 is 0 Å². The van der Waals surface area contributed by atoms with Crippen LogP contribution in [-0.4, -0.2) is 0 Å². The minimum atomic E-state index is 0.736. The molecule has 0 heteroatoms. The molecule has 0 fully saturated rings. The fourth-order valence-corrected chi connectivity index (χ4v) is 1.27. The van der Waals surface area contributed by atoms with Crippen LogP contribution in [-0.2, 0) is 0 Å². The Labute approximate surface area is 77.4 Å². The third-order valence-corrected chi connectivity index (χ3v) is 2.21. The highest BCUT2D eigenvalue weighted by atomic mass is 14.0. The third kappa shape index (κ3) is 6.21. The summed E-state index contributed by atoms with van der Waals surface area (Å²) in [5.41, 5.74) is 0. The molecule has 0 spiro atoms. The molecule has 0 saturated heterocycles. The second-order valence-corrected chi connectivity index (χ2v) is 3.21. The van der Waals surface area contributed by atoms with Gasteiger partial charge in [-0.25, -0.2) is 0 Å². The van der Waals surface area contributed by atoms with Crippen LogP contribution in [0.2, 0.25) is 0 Å². The van der Waals surface area contributed by atoms with Crippen LogP contribution in [0.3, 0.4) is 0 Å². The molecule has 0 bridgehead atoms. The number of hydrogen-bond acceptors (Lipinski definition) is 0. The molecular formula is C12H22. The molecule has 0 aliphatic rings. The minimum absolute atomic E-state index is 0.736. The van der Waals surface area contributed by atoms with Gasteiger partial charge in [0.1, 0.15) is 0 Å². The highest BCUT2D eigenvalue weighted by molar-refractivity contribution is 4.82. The van der Waals surface area contributed by atoms with Crippen molar-refractivity contribution in [3.8, 4) is 0 Å². The summed E-state index contributed by atoms with van der Waals surface area (Å²) < 4.78 is 0. The number of unbranched alkanes of at least 4 members (excludes halogenated alkanes) is 1. The molecule has 0 saturated carbocycles. The molecule has 0 heterocycles. The predicted molar refractivity (Wildman–Crippen MR) is 57.3 cm³/mol. The fraction of sp³-hybridized carbons (Fsp3) is 0.667. The highest BCUT2D eigenvalue weighted by Gasteiger charge is 1.98. The monoisotopic (exact) mass is 166 g/mol. The van der Waals surface area contributed by atoms with Gasteiger partial charge in [0.25, 0.3) is 0 Å². The van der Waals surface area contributed by atoms with Crippen LogP contribution in [0.4, 0.5) is 0 Å². The quantitative estimate of drug-likeness (QED) is 0.390. The number of rotatable bonds is 7. The summed E-state index contributed by atoms with van der Waals surface area (Å²) in [6.45, 7) is 8.23. The molecule has 0 rings (SSSR count). The van der Waals surface area contributed by atoms with Gasteiger partial charge in [-0.05, 0) is 38.0 Å². The maximum atomic E-state index is 3.83. The molecule has 0 aromatic rings. The van der Waals surface area contributed by atoms with Gasteiger partial charge in [-0.15, -0.1) is 6.58 Å². The summed E-state index contributed by atoms with van der Waals surface area (Å²) >= 11 is 0. The molecule has 0 aliphatic heterocycles. The van der Waals surface area contributed by atoms with Crippen LogP contribution in [0.5, 0.6) is 0 Å². The molecule has 0 aromatic carbocycles. The van der Waals surface area contributed by atoms with Crippen LogP contribution < -0.4 is 0 Å². The lowest BCUT2D eigenvalue weighted by Crippen LogP contribution is -1.92. The Morgan fingerprint density at radius 3 is 2.50 bits per heavy atom. The van der Waals surface area contributed by atoms with Crippen LogP contribution >= 0.6 is 0 Å². The summed E-state index contributed by atoms with van der Waals surface area (Å²) in [4.78, 5) is 0. The summed E-state index contributed by atoms with van der Waals surface area (Å²) in [6.07, 6.45) is 12.9. The lowest BCUT2D eigenvalue weighted by molar-refractivity contribution is 0.550. The smallest absolute Gasteiger partial charge is 0.0239 e. The number of hydrogen-bond donors (Lipinski definition) is 0. The highest BCUT2D eigenvalue weighted by Crippen LogP contribution is 2.13. The van der Waals surface area contributed by atoms with Crippen molar-refractivity contribution in [1.82, 2.24) is 0 Å². The zero-order chi connectivity index (χ0) is 9.23. The Bertz CT molecular complexity index is 122. The van der Waals surface area contributed by atoms with E-state index >= 15 is 0 Å². The molecule has 0 nitrogen and oxygen atoms in total. The second-order valence-electron chi connectivity index (χ2n) is 3.21. The van der Waals surface area contributed by atoms with E-state index in [-0.39, 0.29) is 0 Å². The van der Waals surface area contributed by atoms with Crippen LogP contribution in [0.15, 0.2) is 24.8 Å². The molecule has 0 aromatic heterocycles. The van der Waals surface area contributed by atoms with Crippen molar-refractivity contribution in [2.45, 2.75) is 46.0 Å². The Morgan fingerprint density at radius 2 is 2.00 bits per heavy atom. The van der Waals surface area contributed by atoms with Crippen molar-refractivity contribution in [3.63, 3.8) is 0 Å². The Morgan fingerprint density at radius 1 is 1.25 bits per heavy atom. The van der Waals surface area contributed by atoms with E-state index in [2.05, 4.69) is 38.7 Å². The zero-order valence-corrected chi connectivity index (χ0v) is 8.55. The van der Waals surface area contributed by atoms with E-state index in [9.17, 15) is 0 Å². The van der Waals surface area contributed by atoms with Gasteiger partial charge in [-0.2, -0.15) is 0 Å². The van der Waals surface area contributed by atoms with E-state index < -0.39 is 0 Å². The summed E-state index contributed by atoms with van der Waals surface area (Å²) in [5.74, 6) is 0.736. The van der Waals surface area contributed by atoms with Crippen LogP contribution in [0.1, 0.15) is 46.0 Å². The molecule has 0 radical (unpaired) electrons. The molecular weight excluding hydrogens is 144 g/mol. The SMILES string of the molecule is C=CC(CC)CCCC=CCC. The Kier molecular flexibility index (Phi) is 8.20. The maximum Gasteiger partial charge on any atom is -0.0239 e. The lowest BCUT2D eigenvalue weighted by Gasteiger charge is -2.06. The Balaban J connectivity index is 3.28. The van der Waals surface area contributed by atoms with Crippen molar-refractivity contribution in [2.75, 3.05) is 0 Å². The first-order valence-corrected chi connectivity index (χ1v) is 5.12. The summed E-state index contributed by atoms with van der Waals surface area (Å²) in [7, 11) is 0. The van der Waals surface area contributed by atoms with Crippen molar-refractivity contribution in [1.29, 1.82) is 0 Å². The average molecular weight is 166 g/mol. The average Bonchev–Trinajstić information content (AvgIpc) is 2.11. The topological polar surface area (TPSA) is 0 Å². The van der Waals surface area contributed by atoms with E-state index in [1.54, 1.807) is 0 Å². The maximum absolute atomic E-state index is 3.83. The molecule has 12 heavy (non-hydrogen) atoms. The molecule has 0 amide bonds. The standard InChI is InChI=1S/C12H22/c1-4-7-8-9-10-11-12(5-2)6-3/h5,7-8,12H,2,4,6,9-11H2,1,3H3. The summed E-state index contributed by atoms with van der Waals surface area (Å²) in [5, 5.41) is 0. The van der Waals surface area contributed by atoms with E-state index in [1.165, 1.54) is 32.1 Å². The molecule has 1 atom stereocenters. The van der Waals surface area contributed by atoms with Gasteiger partial charge in [-0.3, -0.25) is 0 Å².